The second-order valence-electron chi connectivity index (χ2n) is 4.34. The van der Waals surface area contributed by atoms with Gasteiger partial charge in [-0.25, -0.2) is 4.39 Å². The highest BCUT2D eigenvalue weighted by atomic mass is 19.1. The summed E-state index contributed by atoms with van der Waals surface area (Å²) in [6, 6.07) is 13.8. The van der Waals surface area contributed by atoms with Gasteiger partial charge in [0.2, 0.25) is 0 Å². The van der Waals surface area contributed by atoms with Crippen molar-refractivity contribution >= 4 is 11.5 Å². The topological polar surface area (TPSA) is 29.1 Å². The van der Waals surface area contributed by atoms with Crippen molar-refractivity contribution in [1.29, 1.82) is 0 Å². The highest BCUT2D eigenvalue weighted by Gasteiger charge is 2.02. The van der Waals surface area contributed by atoms with Crippen molar-refractivity contribution < 1.29 is 9.18 Å². The number of hydrogen-bond donors (Lipinski definition) is 1. The van der Waals surface area contributed by atoms with E-state index in [4.69, 9.17) is 0 Å². The molecule has 0 aliphatic heterocycles. The number of anilines is 1. The molecule has 0 aromatic heterocycles. The third kappa shape index (κ3) is 3.65. The van der Waals surface area contributed by atoms with Crippen LogP contribution in [0.4, 0.5) is 10.1 Å². The minimum atomic E-state index is -0.233. The van der Waals surface area contributed by atoms with E-state index in [1.165, 1.54) is 12.1 Å². The predicted octanol–water partition coefficient (Wildman–Crippen LogP) is 4.03. The second-order valence-corrected chi connectivity index (χ2v) is 4.34. The minimum Gasteiger partial charge on any atom is -0.381 e. The van der Waals surface area contributed by atoms with Gasteiger partial charge in [-0.2, -0.15) is 0 Å². The van der Waals surface area contributed by atoms with Gasteiger partial charge in [-0.3, -0.25) is 4.79 Å². The Morgan fingerprint density at radius 1 is 1.16 bits per heavy atom. The van der Waals surface area contributed by atoms with Gasteiger partial charge in [-0.05, 0) is 42.0 Å². The summed E-state index contributed by atoms with van der Waals surface area (Å²) in [5.41, 5.74) is 2.52. The standard InChI is InChI=1S/C16H16FNO/c1-2-16(19)13-6-8-15(9-7-13)18-11-12-4-3-5-14(17)10-12/h3-10,18H,2,11H2,1H3. The van der Waals surface area contributed by atoms with Crippen LogP contribution in [0.3, 0.4) is 0 Å². The zero-order valence-electron chi connectivity index (χ0n) is 10.8. The summed E-state index contributed by atoms with van der Waals surface area (Å²) >= 11 is 0. The van der Waals surface area contributed by atoms with Gasteiger partial charge >= 0.3 is 0 Å². The first-order valence-corrected chi connectivity index (χ1v) is 6.30. The first-order chi connectivity index (χ1) is 9.19. The van der Waals surface area contributed by atoms with E-state index < -0.39 is 0 Å². The number of carbonyl (C=O) groups is 1. The third-order valence-corrected chi connectivity index (χ3v) is 2.91. The average Bonchev–Trinajstić information content (AvgIpc) is 2.45. The summed E-state index contributed by atoms with van der Waals surface area (Å²) in [4.78, 5) is 11.5. The van der Waals surface area contributed by atoms with Crippen LogP contribution >= 0.6 is 0 Å². The fraction of sp³-hybridized carbons (Fsp3) is 0.188. The van der Waals surface area contributed by atoms with E-state index in [9.17, 15) is 9.18 Å². The van der Waals surface area contributed by atoms with E-state index in [1.54, 1.807) is 18.2 Å². The monoisotopic (exact) mass is 257 g/mol. The number of ketones is 1. The van der Waals surface area contributed by atoms with Gasteiger partial charge in [0.1, 0.15) is 5.82 Å². The molecular weight excluding hydrogens is 241 g/mol. The molecular formula is C16H16FNO. The van der Waals surface area contributed by atoms with Gasteiger partial charge in [0.15, 0.2) is 5.78 Å². The van der Waals surface area contributed by atoms with Gasteiger partial charge in [0, 0.05) is 24.2 Å². The SMILES string of the molecule is CCC(=O)c1ccc(NCc2cccc(F)c2)cc1. The fourth-order valence-corrected chi connectivity index (χ4v) is 1.83. The van der Waals surface area contributed by atoms with Crippen LogP contribution in [-0.2, 0) is 6.54 Å². The van der Waals surface area contributed by atoms with Gasteiger partial charge in [0.25, 0.3) is 0 Å². The van der Waals surface area contributed by atoms with Gasteiger partial charge in [-0.15, -0.1) is 0 Å². The molecule has 2 rings (SSSR count). The van der Waals surface area contributed by atoms with Crippen LogP contribution in [0.25, 0.3) is 0 Å². The minimum absolute atomic E-state index is 0.136. The molecule has 0 saturated heterocycles. The highest BCUT2D eigenvalue weighted by molar-refractivity contribution is 5.96. The Kier molecular flexibility index (Phi) is 4.29. The van der Waals surface area contributed by atoms with Crippen LogP contribution < -0.4 is 5.32 Å². The van der Waals surface area contributed by atoms with Crippen LogP contribution in [0.2, 0.25) is 0 Å². The van der Waals surface area contributed by atoms with Crippen molar-refractivity contribution in [2.75, 3.05) is 5.32 Å². The number of benzene rings is 2. The molecule has 2 nitrogen and oxygen atoms in total. The number of nitrogens with one attached hydrogen (secondary N) is 1. The lowest BCUT2D eigenvalue weighted by atomic mass is 10.1. The molecule has 19 heavy (non-hydrogen) atoms. The molecule has 2 aromatic rings. The molecule has 0 unspecified atom stereocenters. The number of Topliss-reactive ketones (excluding diaryl/α,β-unsaturated/α-hetero) is 1. The molecule has 1 N–H and O–H groups in total. The largest absolute Gasteiger partial charge is 0.381 e. The van der Waals surface area contributed by atoms with Gasteiger partial charge in [0.05, 0.1) is 0 Å². The quantitative estimate of drug-likeness (QED) is 0.819. The fourth-order valence-electron chi connectivity index (χ4n) is 1.83. The average molecular weight is 257 g/mol. The predicted molar refractivity (Wildman–Crippen MR) is 74.8 cm³/mol. The smallest absolute Gasteiger partial charge is 0.162 e. The molecule has 0 aliphatic carbocycles. The van der Waals surface area contributed by atoms with Crippen LogP contribution in [0.1, 0.15) is 29.3 Å². The Morgan fingerprint density at radius 2 is 1.89 bits per heavy atom. The van der Waals surface area contributed by atoms with E-state index in [-0.39, 0.29) is 11.6 Å². The maximum atomic E-state index is 13.0. The summed E-state index contributed by atoms with van der Waals surface area (Å²) in [5.74, 6) is -0.0973. The highest BCUT2D eigenvalue weighted by Crippen LogP contribution is 2.13. The number of halogens is 1. The summed E-state index contributed by atoms with van der Waals surface area (Å²) in [6.45, 7) is 2.40. The molecule has 98 valence electrons. The Labute approximate surface area is 112 Å². The van der Waals surface area contributed by atoms with Crippen LogP contribution in [-0.4, -0.2) is 5.78 Å². The van der Waals surface area contributed by atoms with E-state index >= 15 is 0 Å². The first kappa shape index (κ1) is 13.3. The Morgan fingerprint density at radius 3 is 2.53 bits per heavy atom. The van der Waals surface area contributed by atoms with Crippen LogP contribution in [0, 0.1) is 5.82 Å². The Hall–Kier alpha value is -2.16. The van der Waals surface area contributed by atoms with E-state index in [1.807, 2.05) is 25.1 Å². The van der Waals surface area contributed by atoms with Crippen molar-refractivity contribution in [1.82, 2.24) is 0 Å². The van der Waals surface area contributed by atoms with E-state index in [0.717, 1.165) is 16.8 Å². The molecule has 0 atom stereocenters. The molecule has 0 radical (unpaired) electrons. The second kappa shape index (κ2) is 6.14. The zero-order valence-corrected chi connectivity index (χ0v) is 10.8. The summed E-state index contributed by atoms with van der Waals surface area (Å²) < 4.78 is 13.0. The maximum Gasteiger partial charge on any atom is 0.162 e. The Balaban J connectivity index is 1.98. The lowest BCUT2D eigenvalue weighted by molar-refractivity contribution is 0.0988. The number of carbonyl (C=O) groups excluding carboxylic acids is 1. The lowest BCUT2D eigenvalue weighted by Gasteiger charge is -2.07. The normalized spacial score (nSPS) is 10.2. The lowest BCUT2D eigenvalue weighted by Crippen LogP contribution is -2.01. The van der Waals surface area contributed by atoms with Crippen LogP contribution in [0.5, 0.6) is 0 Å². The van der Waals surface area contributed by atoms with Gasteiger partial charge in [-0.1, -0.05) is 19.1 Å². The number of hydrogen-bond acceptors (Lipinski definition) is 2. The van der Waals surface area contributed by atoms with Crippen molar-refractivity contribution in [3.63, 3.8) is 0 Å². The van der Waals surface area contributed by atoms with Crippen molar-refractivity contribution in [3.05, 3.63) is 65.5 Å². The molecule has 0 heterocycles. The molecule has 0 bridgehead atoms. The Bertz CT molecular complexity index is 563. The molecule has 0 amide bonds. The molecule has 3 heteroatoms. The van der Waals surface area contributed by atoms with Crippen LogP contribution in [0.15, 0.2) is 48.5 Å². The van der Waals surface area contributed by atoms with E-state index in [2.05, 4.69) is 5.32 Å². The summed E-state index contributed by atoms with van der Waals surface area (Å²) in [5, 5.41) is 3.19. The molecule has 0 aliphatic rings. The summed E-state index contributed by atoms with van der Waals surface area (Å²) in [7, 11) is 0. The third-order valence-electron chi connectivity index (χ3n) is 2.91. The molecule has 0 saturated carbocycles. The van der Waals surface area contributed by atoms with Crippen molar-refractivity contribution in [2.45, 2.75) is 19.9 Å². The number of rotatable bonds is 5. The molecule has 2 aromatic carbocycles. The first-order valence-electron chi connectivity index (χ1n) is 6.30. The van der Waals surface area contributed by atoms with Crippen molar-refractivity contribution in [2.24, 2.45) is 0 Å². The van der Waals surface area contributed by atoms with Crippen molar-refractivity contribution in [3.8, 4) is 0 Å². The van der Waals surface area contributed by atoms with E-state index in [0.29, 0.717) is 13.0 Å². The summed E-state index contributed by atoms with van der Waals surface area (Å²) in [6.07, 6.45) is 0.510. The zero-order chi connectivity index (χ0) is 13.7. The molecule has 0 spiro atoms. The van der Waals surface area contributed by atoms with Gasteiger partial charge < -0.3 is 5.32 Å². The molecule has 0 fully saturated rings. The maximum absolute atomic E-state index is 13.0.